The van der Waals surface area contributed by atoms with Gasteiger partial charge in [-0.05, 0) is 73.9 Å². The van der Waals surface area contributed by atoms with Gasteiger partial charge in [0, 0.05) is 12.0 Å². The minimum Gasteiger partial charge on any atom is -0.496 e. The Hall–Kier alpha value is -4.21. The van der Waals surface area contributed by atoms with E-state index in [1.54, 1.807) is 56.3 Å². The number of benzene rings is 2. The summed E-state index contributed by atoms with van der Waals surface area (Å²) in [4.78, 5) is 63.5. The van der Waals surface area contributed by atoms with Crippen LogP contribution < -0.4 is 9.47 Å². The van der Waals surface area contributed by atoms with Crippen LogP contribution in [-0.4, -0.2) is 66.2 Å². The number of carboxylic acids is 1. The second-order valence-corrected chi connectivity index (χ2v) is 11.0. The average molecular weight is 582 g/mol. The number of amides is 1. The summed E-state index contributed by atoms with van der Waals surface area (Å²) in [6.07, 6.45) is 2.97. The van der Waals surface area contributed by atoms with Crippen molar-refractivity contribution in [2.24, 2.45) is 5.41 Å². The number of hydrogen-bond donors (Lipinski definition) is 1. The third kappa shape index (κ3) is 8.18. The van der Waals surface area contributed by atoms with E-state index >= 15 is 0 Å². The summed E-state index contributed by atoms with van der Waals surface area (Å²) >= 11 is 0. The molecule has 2 atom stereocenters. The standard InChI is InChI=1S/C32H39NO9/c1-5-32(2,3)29(37)30(38)33-16-7-6-11-25(33)31(39)42-26(22-9-8-10-24(18-22)41-20-28(35)36)15-13-21-12-14-23(19-34)27(17-21)40-4/h8-10,12,14,17-19,25-26H,5-7,11,13,15-16,20H2,1-4H3,(H,35,36)/t25-,26+/m0/s1. The van der Waals surface area contributed by atoms with Crippen LogP contribution in [0.25, 0.3) is 0 Å². The van der Waals surface area contributed by atoms with E-state index in [-0.39, 0.29) is 6.54 Å². The zero-order chi connectivity index (χ0) is 30.9. The van der Waals surface area contributed by atoms with Crippen LogP contribution in [0.2, 0.25) is 0 Å². The van der Waals surface area contributed by atoms with Gasteiger partial charge in [0.1, 0.15) is 23.6 Å². The minimum atomic E-state index is -1.13. The number of aldehydes is 1. The van der Waals surface area contributed by atoms with Crippen molar-refractivity contribution in [3.63, 3.8) is 0 Å². The van der Waals surface area contributed by atoms with Gasteiger partial charge in [0.05, 0.1) is 12.7 Å². The quantitative estimate of drug-likeness (QED) is 0.193. The SMILES string of the molecule is CCC(C)(C)C(=O)C(=O)N1CCCC[C@H]1C(=O)O[C@H](CCc1ccc(C=O)c(OC)c1)c1cccc(OCC(=O)O)c1. The lowest BCUT2D eigenvalue weighted by molar-refractivity contribution is -0.164. The van der Waals surface area contributed by atoms with Crippen molar-refractivity contribution < 1.29 is 43.3 Å². The Morgan fingerprint density at radius 3 is 2.55 bits per heavy atom. The maximum absolute atomic E-state index is 13.6. The summed E-state index contributed by atoms with van der Waals surface area (Å²) in [5.41, 5.74) is 0.996. The highest BCUT2D eigenvalue weighted by molar-refractivity contribution is 6.38. The number of rotatable bonds is 14. The number of nitrogens with zero attached hydrogens (tertiary/aromatic N) is 1. The molecule has 1 aliphatic rings. The number of hydrogen-bond acceptors (Lipinski definition) is 8. The molecule has 10 heteroatoms. The molecule has 1 fully saturated rings. The molecule has 0 saturated carbocycles. The van der Waals surface area contributed by atoms with Crippen LogP contribution in [0.1, 0.15) is 80.5 Å². The van der Waals surface area contributed by atoms with Crippen molar-refractivity contribution in [2.75, 3.05) is 20.3 Å². The predicted molar refractivity (Wildman–Crippen MR) is 154 cm³/mol. The molecule has 2 aromatic rings. The van der Waals surface area contributed by atoms with Crippen LogP contribution in [0.4, 0.5) is 0 Å². The van der Waals surface area contributed by atoms with E-state index in [9.17, 15) is 24.0 Å². The zero-order valence-corrected chi connectivity index (χ0v) is 24.6. The number of ether oxygens (including phenoxy) is 3. The average Bonchev–Trinajstić information content (AvgIpc) is 3.01. The van der Waals surface area contributed by atoms with Crippen LogP contribution in [-0.2, 0) is 30.3 Å². The van der Waals surface area contributed by atoms with E-state index in [4.69, 9.17) is 19.3 Å². The normalized spacial score (nSPS) is 15.8. The second kappa shape index (κ2) is 14.6. The van der Waals surface area contributed by atoms with E-state index in [1.807, 2.05) is 6.92 Å². The van der Waals surface area contributed by atoms with Crippen LogP contribution in [0.15, 0.2) is 42.5 Å². The fourth-order valence-electron chi connectivity index (χ4n) is 4.77. The molecule has 0 spiro atoms. The number of methoxy groups -OCH3 is 1. The molecule has 0 radical (unpaired) electrons. The Morgan fingerprint density at radius 1 is 1.12 bits per heavy atom. The van der Waals surface area contributed by atoms with Crippen molar-refractivity contribution in [1.29, 1.82) is 0 Å². The Kier molecular flexibility index (Phi) is 11.2. The van der Waals surface area contributed by atoms with Crippen molar-refractivity contribution in [3.05, 3.63) is 59.2 Å². The summed E-state index contributed by atoms with van der Waals surface area (Å²) in [6.45, 7) is 5.04. The molecule has 1 saturated heterocycles. The Labute approximate surface area is 245 Å². The maximum Gasteiger partial charge on any atom is 0.341 e. The molecule has 42 heavy (non-hydrogen) atoms. The molecule has 1 N–H and O–H groups in total. The highest BCUT2D eigenvalue weighted by atomic mass is 16.5. The van der Waals surface area contributed by atoms with Gasteiger partial charge < -0.3 is 24.2 Å². The molecule has 226 valence electrons. The van der Waals surface area contributed by atoms with Crippen LogP contribution in [0.3, 0.4) is 0 Å². The molecule has 1 amide bonds. The first-order valence-electron chi connectivity index (χ1n) is 14.1. The van der Waals surface area contributed by atoms with Gasteiger partial charge in [-0.25, -0.2) is 9.59 Å². The predicted octanol–water partition coefficient (Wildman–Crippen LogP) is 4.57. The molecule has 1 heterocycles. The van der Waals surface area contributed by atoms with E-state index in [0.717, 1.165) is 5.56 Å². The van der Waals surface area contributed by atoms with Gasteiger partial charge in [0.2, 0.25) is 5.78 Å². The summed E-state index contributed by atoms with van der Waals surface area (Å²) in [5.74, 6) is -2.21. The van der Waals surface area contributed by atoms with E-state index in [1.165, 1.54) is 12.0 Å². The highest BCUT2D eigenvalue weighted by Crippen LogP contribution is 2.31. The Bertz CT molecular complexity index is 1300. The fraction of sp³-hybridized carbons (Fsp3) is 0.469. The van der Waals surface area contributed by atoms with Gasteiger partial charge in [-0.15, -0.1) is 0 Å². The van der Waals surface area contributed by atoms with Crippen LogP contribution in [0, 0.1) is 5.41 Å². The lowest BCUT2D eigenvalue weighted by atomic mass is 9.84. The van der Waals surface area contributed by atoms with Gasteiger partial charge in [-0.3, -0.25) is 14.4 Å². The fourth-order valence-corrected chi connectivity index (χ4v) is 4.77. The van der Waals surface area contributed by atoms with Gasteiger partial charge in [-0.1, -0.05) is 39.0 Å². The summed E-state index contributed by atoms with van der Waals surface area (Å²) in [5, 5.41) is 9.00. The zero-order valence-electron chi connectivity index (χ0n) is 24.6. The number of Topliss-reactive ketones (excluding diaryl/α,β-unsaturated/α-hetero) is 1. The Balaban J connectivity index is 1.87. The maximum atomic E-state index is 13.6. The third-order valence-electron chi connectivity index (χ3n) is 7.70. The molecule has 1 aliphatic heterocycles. The van der Waals surface area contributed by atoms with Crippen LogP contribution >= 0.6 is 0 Å². The molecule has 0 unspecified atom stereocenters. The summed E-state index contributed by atoms with van der Waals surface area (Å²) in [7, 11) is 1.48. The first-order valence-corrected chi connectivity index (χ1v) is 14.1. The number of esters is 1. The Morgan fingerprint density at radius 2 is 1.88 bits per heavy atom. The van der Waals surface area contributed by atoms with Crippen molar-refractivity contribution in [2.45, 2.75) is 71.4 Å². The van der Waals surface area contributed by atoms with E-state index < -0.39 is 47.8 Å². The number of aliphatic carboxylic acids is 1. The lowest BCUT2D eigenvalue weighted by Crippen LogP contribution is -2.53. The van der Waals surface area contributed by atoms with Crippen molar-refractivity contribution in [1.82, 2.24) is 4.90 Å². The molecule has 10 nitrogen and oxygen atoms in total. The first kappa shape index (κ1) is 32.3. The molecular weight excluding hydrogens is 542 g/mol. The topological polar surface area (TPSA) is 137 Å². The number of aryl methyl sites for hydroxylation is 1. The molecule has 3 rings (SSSR count). The van der Waals surface area contributed by atoms with Crippen LogP contribution in [0.5, 0.6) is 11.5 Å². The first-order chi connectivity index (χ1) is 20.0. The number of carboxylic acid groups (broad SMARTS) is 1. The number of likely N-dealkylation sites (tertiary alicyclic amines) is 1. The number of carbonyl (C=O) groups excluding carboxylic acids is 4. The number of carbonyl (C=O) groups is 5. The summed E-state index contributed by atoms with van der Waals surface area (Å²) < 4.78 is 16.7. The largest absolute Gasteiger partial charge is 0.496 e. The lowest BCUT2D eigenvalue weighted by Gasteiger charge is -2.36. The summed E-state index contributed by atoms with van der Waals surface area (Å²) in [6, 6.07) is 10.9. The second-order valence-electron chi connectivity index (χ2n) is 11.0. The van der Waals surface area contributed by atoms with Gasteiger partial charge in [0.25, 0.3) is 5.91 Å². The monoisotopic (exact) mass is 581 g/mol. The molecule has 0 aliphatic carbocycles. The van der Waals surface area contributed by atoms with Crippen molar-refractivity contribution in [3.8, 4) is 11.5 Å². The van der Waals surface area contributed by atoms with E-state index in [2.05, 4.69) is 0 Å². The molecule has 0 bridgehead atoms. The molecule has 0 aromatic heterocycles. The number of ketones is 1. The minimum absolute atomic E-state index is 0.288. The molecule has 2 aromatic carbocycles. The van der Waals surface area contributed by atoms with Gasteiger partial charge in [0.15, 0.2) is 12.9 Å². The van der Waals surface area contributed by atoms with Gasteiger partial charge >= 0.3 is 11.9 Å². The highest BCUT2D eigenvalue weighted by Gasteiger charge is 2.41. The third-order valence-corrected chi connectivity index (χ3v) is 7.70. The van der Waals surface area contributed by atoms with Crippen molar-refractivity contribution >= 4 is 29.9 Å². The smallest absolute Gasteiger partial charge is 0.341 e. The number of piperidine rings is 1. The van der Waals surface area contributed by atoms with Gasteiger partial charge in [-0.2, -0.15) is 0 Å². The van der Waals surface area contributed by atoms with E-state index in [0.29, 0.717) is 67.4 Å². The molecular formula is C32H39NO9.